The van der Waals surface area contributed by atoms with E-state index in [1.165, 1.54) is 51.6 Å². The Bertz CT molecular complexity index is 836. The number of likely N-dealkylation sites (tertiary alicyclic amines) is 1. The molecule has 0 radical (unpaired) electrons. The number of hydrogen-bond acceptors (Lipinski definition) is 7. The molecule has 2 aromatic heterocycles. The van der Waals surface area contributed by atoms with Crippen LogP contribution in [0.25, 0.3) is 10.3 Å². The van der Waals surface area contributed by atoms with E-state index < -0.39 is 0 Å². The first-order chi connectivity index (χ1) is 13.6. The smallest absolute Gasteiger partial charge is 0.225 e. The summed E-state index contributed by atoms with van der Waals surface area (Å²) in [7, 11) is 0. The molecule has 6 nitrogen and oxygen atoms in total. The summed E-state index contributed by atoms with van der Waals surface area (Å²) in [5.74, 6) is 0.805. The van der Waals surface area contributed by atoms with Crippen LogP contribution in [0.1, 0.15) is 50.5 Å². The molecule has 3 fully saturated rings. The summed E-state index contributed by atoms with van der Waals surface area (Å²) >= 11 is 7.77. The van der Waals surface area contributed by atoms with Gasteiger partial charge in [0.2, 0.25) is 5.28 Å². The Kier molecular flexibility index (Phi) is 5.20. The van der Waals surface area contributed by atoms with Crippen LogP contribution in [0.3, 0.4) is 0 Å². The van der Waals surface area contributed by atoms with Crippen LogP contribution in [-0.4, -0.2) is 58.2 Å². The van der Waals surface area contributed by atoms with E-state index in [1.54, 1.807) is 11.3 Å². The highest BCUT2D eigenvalue weighted by Crippen LogP contribution is 2.40. The molecular weight excluding hydrogens is 394 g/mol. The van der Waals surface area contributed by atoms with E-state index in [0.717, 1.165) is 46.8 Å². The minimum Gasteiger partial charge on any atom is -0.380 e. The van der Waals surface area contributed by atoms with Crippen molar-refractivity contribution in [3.8, 4) is 0 Å². The molecule has 8 heteroatoms. The Morgan fingerprint density at radius 1 is 1.14 bits per heavy atom. The zero-order chi connectivity index (χ0) is 19.1. The van der Waals surface area contributed by atoms with Crippen LogP contribution >= 0.6 is 22.9 Å². The summed E-state index contributed by atoms with van der Waals surface area (Å²) in [6, 6.07) is 1.17. The van der Waals surface area contributed by atoms with Gasteiger partial charge in [0.25, 0.3) is 0 Å². The number of rotatable bonds is 4. The van der Waals surface area contributed by atoms with Gasteiger partial charge in [0, 0.05) is 17.5 Å². The van der Waals surface area contributed by atoms with E-state index in [0.29, 0.717) is 16.7 Å². The molecule has 1 spiro atoms. The van der Waals surface area contributed by atoms with Gasteiger partial charge in [0.15, 0.2) is 10.6 Å². The number of anilines is 1. The maximum atomic E-state index is 6.16. The first kappa shape index (κ1) is 19.0. The second kappa shape index (κ2) is 7.67. The monoisotopic (exact) mass is 421 g/mol. The third-order valence-electron chi connectivity index (χ3n) is 6.81. The maximum absolute atomic E-state index is 6.16. The van der Waals surface area contributed by atoms with E-state index in [4.69, 9.17) is 21.3 Å². The highest BCUT2D eigenvalue weighted by molar-refractivity contribution is 7.18. The van der Waals surface area contributed by atoms with Crippen molar-refractivity contribution in [1.29, 1.82) is 0 Å². The molecule has 0 unspecified atom stereocenters. The van der Waals surface area contributed by atoms with Crippen LogP contribution in [0, 0.1) is 5.41 Å². The van der Waals surface area contributed by atoms with Gasteiger partial charge in [0.1, 0.15) is 5.52 Å². The number of halogens is 1. The van der Waals surface area contributed by atoms with Gasteiger partial charge in [-0.1, -0.05) is 18.3 Å². The van der Waals surface area contributed by atoms with Crippen molar-refractivity contribution >= 4 is 39.1 Å². The first-order valence-corrected chi connectivity index (χ1v) is 11.7. The highest BCUT2D eigenvalue weighted by Gasteiger charge is 2.42. The summed E-state index contributed by atoms with van der Waals surface area (Å²) in [6.45, 7) is 6.58. The minimum absolute atomic E-state index is 0.303. The summed E-state index contributed by atoms with van der Waals surface area (Å²) in [4.78, 5) is 17.1. The molecule has 152 valence electrons. The zero-order valence-corrected chi connectivity index (χ0v) is 18.0. The van der Waals surface area contributed by atoms with E-state index in [-0.39, 0.29) is 0 Å². The van der Waals surface area contributed by atoms with Crippen molar-refractivity contribution in [2.45, 2.75) is 64.0 Å². The molecule has 1 aliphatic carbocycles. The zero-order valence-electron chi connectivity index (χ0n) is 16.4. The van der Waals surface area contributed by atoms with Crippen LogP contribution in [0.15, 0.2) is 0 Å². The lowest BCUT2D eigenvalue weighted by Crippen LogP contribution is -2.53. The van der Waals surface area contributed by atoms with Gasteiger partial charge in [-0.2, -0.15) is 4.98 Å². The summed E-state index contributed by atoms with van der Waals surface area (Å²) in [6.07, 6.45) is 8.37. The average molecular weight is 422 g/mol. The minimum atomic E-state index is 0.303. The van der Waals surface area contributed by atoms with Gasteiger partial charge < -0.3 is 15.0 Å². The fourth-order valence-electron chi connectivity index (χ4n) is 4.91. The fraction of sp³-hybridized carbons (Fsp3) is 0.750. The molecule has 28 heavy (non-hydrogen) atoms. The molecule has 3 aliphatic rings. The van der Waals surface area contributed by atoms with Crippen molar-refractivity contribution in [2.75, 3.05) is 31.6 Å². The van der Waals surface area contributed by atoms with E-state index >= 15 is 0 Å². The van der Waals surface area contributed by atoms with Crippen LogP contribution in [0.4, 0.5) is 5.82 Å². The standard InChI is InChI=1S/C20H28ClN5OS/c1-2-15-23-16-17(24-19(21)25-18(16)28-15)22-13-3-5-14(6-4-13)26-9-7-20(8-10-26)11-27-12-20/h13-14H,2-12H2,1H3,(H,22,24,25). The van der Waals surface area contributed by atoms with Crippen molar-refractivity contribution in [3.05, 3.63) is 10.3 Å². The Balaban J connectivity index is 1.20. The number of nitrogens with one attached hydrogen (secondary N) is 1. The number of nitrogens with zero attached hydrogens (tertiary/aromatic N) is 4. The largest absolute Gasteiger partial charge is 0.380 e. The van der Waals surface area contributed by atoms with Crippen LogP contribution in [-0.2, 0) is 11.2 Å². The van der Waals surface area contributed by atoms with Gasteiger partial charge in [-0.15, -0.1) is 0 Å². The summed E-state index contributed by atoms with van der Waals surface area (Å²) in [5.41, 5.74) is 1.40. The predicted molar refractivity (Wildman–Crippen MR) is 113 cm³/mol. The number of ether oxygens (including phenoxy) is 1. The number of aryl methyl sites for hydroxylation is 1. The quantitative estimate of drug-likeness (QED) is 0.748. The predicted octanol–water partition coefficient (Wildman–Crippen LogP) is 4.14. The average Bonchev–Trinajstić information content (AvgIpc) is 3.11. The SMILES string of the molecule is CCc1nc2c(NC3CCC(N4CCC5(CC4)COC5)CC3)nc(Cl)nc2s1. The third kappa shape index (κ3) is 3.62. The van der Waals surface area contributed by atoms with Crippen LogP contribution in [0.5, 0.6) is 0 Å². The second-order valence-electron chi connectivity index (χ2n) is 8.63. The third-order valence-corrected chi connectivity index (χ3v) is 8.07. The molecule has 2 aromatic rings. The van der Waals surface area contributed by atoms with Crippen LogP contribution in [0.2, 0.25) is 5.28 Å². The van der Waals surface area contributed by atoms with Crippen molar-refractivity contribution < 1.29 is 4.74 Å². The topological polar surface area (TPSA) is 63.2 Å². The van der Waals surface area contributed by atoms with Crippen molar-refractivity contribution in [3.63, 3.8) is 0 Å². The molecule has 2 saturated heterocycles. The molecule has 0 bridgehead atoms. The van der Waals surface area contributed by atoms with Gasteiger partial charge in [-0.25, -0.2) is 9.97 Å². The lowest BCUT2D eigenvalue weighted by Gasteiger charge is -2.49. The number of thiazole rings is 1. The Hall–Kier alpha value is -1.02. The Morgan fingerprint density at radius 2 is 1.89 bits per heavy atom. The van der Waals surface area contributed by atoms with Crippen molar-refractivity contribution in [1.82, 2.24) is 19.9 Å². The summed E-state index contributed by atoms with van der Waals surface area (Å²) < 4.78 is 5.46. The highest BCUT2D eigenvalue weighted by atomic mass is 35.5. The lowest BCUT2D eigenvalue weighted by molar-refractivity contribution is -0.143. The molecule has 0 atom stereocenters. The molecule has 2 aliphatic heterocycles. The molecule has 0 amide bonds. The van der Waals surface area contributed by atoms with E-state index in [1.807, 2.05) is 0 Å². The number of aromatic nitrogens is 3. The molecular formula is C20H28ClN5OS. The van der Waals surface area contributed by atoms with Gasteiger partial charge in [-0.05, 0) is 69.6 Å². The number of hydrogen-bond donors (Lipinski definition) is 1. The van der Waals surface area contributed by atoms with E-state index in [9.17, 15) is 0 Å². The molecule has 1 N–H and O–H groups in total. The van der Waals surface area contributed by atoms with Crippen molar-refractivity contribution in [2.24, 2.45) is 5.41 Å². The lowest BCUT2D eigenvalue weighted by atomic mass is 9.76. The molecule has 0 aromatic carbocycles. The molecule has 5 rings (SSSR count). The Morgan fingerprint density at radius 3 is 2.54 bits per heavy atom. The van der Waals surface area contributed by atoms with Gasteiger partial charge >= 0.3 is 0 Å². The van der Waals surface area contributed by atoms with E-state index in [2.05, 4.69) is 27.1 Å². The summed E-state index contributed by atoms with van der Waals surface area (Å²) in [5, 5.41) is 5.02. The second-order valence-corrected chi connectivity index (χ2v) is 10.0. The fourth-order valence-corrected chi connectivity index (χ4v) is 6.01. The van der Waals surface area contributed by atoms with Gasteiger partial charge in [-0.3, -0.25) is 0 Å². The Labute approximate surface area is 175 Å². The molecule has 4 heterocycles. The number of fused-ring (bicyclic) bond motifs is 1. The van der Waals surface area contributed by atoms with Crippen LogP contribution < -0.4 is 5.32 Å². The molecule has 1 saturated carbocycles. The maximum Gasteiger partial charge on any atom is 0.225 e. The number of piperidine rings is 1. The van der Waals surface area contributed by atoms with Gasteiger partial charge in [0.05, 0.1) is 18.2 Å². The normalized spacial score (nSPS) is 27.8. The first-order valence-electron chi connectivity index (χ1n) is 10.6.